The third-order valence-electron chi connectivity index (χ3n) is 4.63. The first-order valence-electron chi connectivity index (χ1n) is 8.20. The Balaban J connectivity index is 1.54. The van der Waals surface area contributed by atoms with Crippen LogP contribution in [0.3, 0.4) is 0 Å². The van der Waals surface area contributed by atoms with Gasteiger partial charge in [0.15, 0.2) is 0 Å². The third kappa shape index (κ3) is 3.79. The average molecular weight is 312 g/mol. The number of nitrogens with one attached hydrogen (secondary N) is 2. The molecule has 2 aromatic rings. The summed E-state index contributed by atoms with van der Waals surface area (Å²) in [5, 5.41) is 9.90. The van der Waals surface area contributed by atoms with Crippen LogP contribution in [0.2, 0.25) is 0 Å². The molecule has 1 aromatic carbocycles. The highest BCUT2D eigenvalue weighted by atomic mass is 16.1. The fraction of sp³-hybridized carbons (Fsp3) is 0.444. The van der Waals surface area contributed by atoms with E-state index in [1.807, 2.05) is 13.0 Å². The Bertz CT molecular complexity index is 652. The van der Waals surface area contributed by atoms with Crippen molar-refractivity contribution in [3.05, 3.63) is 53.3 Å². The lowest BCUT2D eigenvalue weighted by molar-refractivity contribution is 0.0860. The van der Waals surface area contributed by atoms with Crippen molar-refractivity contribution < 1.29 is 4.79 Å². The van der Waals surface area contributed by atoms with Crippen molar-refractivity contribution in [2.75, 3.05) is 13.1 Å². The van der Waals surface area contributed by atoms with E-state index in [1.165, 1.54) is 5.56 Å². The van der Waals surface area contributed by atoms with Gasteiger partial charge in [0.1, 0.15) is 0 Å². The molecule has 1 amide bonds. The van der Waals surface area contributed by atoms with Crippen molar-refractivity contribution in [2.45, 2.75) is 32.9 Å². The number of benzene rings is 1. The van der Waals surface area contributed by atoms with Crippen LogP contribution in [0.15, 0.2) is 36.5 Å². The fourth-order valence-corrected chi connectivity index (χ4v) is 3.26. The number of hydrogen-bond donors (Lipinski definition) is 2. The van der Waals surface area contributed by atoms with E-state index >= 15 is 0 Å². The maximum Gasteiger partial charge on any atom is 0.254 e. The predicted octanol–water partition coefficient (Wildman–Crippen LogP) is 2.36. The monoisotopic (exact) mass is 312 g/mol. The number of hydrogen-bond acceptors (Lipinski definition) is 3. The van der Waals surface area contributed by atoms with Crippen molar-refractivity contribution in [1.29, 1.82) is 0 Å². The molecule has 5 nitrogen and oxygen atoms in total. The molecule has 2 N–H and O–H groups in total. The summed E-state index contributed by atoms with van der Waals surface area (Å²) in [5.41, 5.74) is 2.80. The highest BCUT2D eigenvalue weighted by molar-refractivity contribution is 5.95. The fourth-order valence-electron chi connectivity index (χ4n) is 3.26. The van der Waals surface area contributed by atoms with Crippen molar-refractivity contribution in [2.24, 2.45) is 5.92 Å². The normalized spacial score (nSPS) is 22.0. The number of carbonyl (C=O) groups is 1. The highest BCUT2D eigenvalue weighted by Gasteiger charge is 2.28. The van der Waals surface area contributed by atoms with E-state index in [0.717, 1.165) is 31.7 Å². The second kappa shape index (κ2) is 6.96. The van der Waals surface area contributed by atoms with Crippen molar-refractivity contribution >= 4 is 5.91 Å². The zero-order valence-corrected chi connectivity index (χ0v) is 13.7. The van der Waals surface area contributed by atoms with Gasteiger partial charge in [-0.2, -0.15) is 5.10 Å². The van der Waals surface area contributed by atoms with Gasteiger partial charge in [-0.25, -0.2) is 0 Å². The Morgan fingerprint density at radius 1 is 1.39 bits per heavy atom. The number of aromatic amines is 1. The van der Waals surface area contributed by atoms with Crippen LogP contribution in [-0.2, 0) is 6.54 Å². The van der Waals surface area contributed by atoms with E-state index in [1.54, 1.807) is 6.20 Å². The number of H-pyrrole nitrogens is 1. The molecule has 3 rings (SSSR count). The largest absolute Gasteiger partial charge is 0.349 e. The summed E-state index contributed by atoms with van der Waals surface area (Å²) < 4.78 is 0. The van der Waals surface area contributed by atoms with Gasteiger partial charge in [-0.3, -0.25) is 14.8 Å². The van der Waals surface area contributed by atoms with Gasteiger partial charge in [0.05, 0.1) is 11.8 Å². The number of nitrogens with zero attached hydrogens (tertiary/aromatic N) is 2. The minimum atomic E-state index is -0.0235. The molecule has 0 spiro atoms. The van der Waals surface area contributed by atoms with Crippen LogP contribution in [-0.4, -0.2) is 40.1 Å². The number of likely N-dealkylation sites (tertiary alicyclic amines) is 1. The third-order valence-corrected chi connectivity index (χ3v) is 4.63. The molecule has 1 aromatic heterocycles. The molecule has 0 radical (unpaired) electrons. The molecular weight excluding hydrogens is 288 g/mol. The summed E-state index contributed by atoms with van der Waals surface area (Å²) in [4.78, 5) is 14.8. The lowest BCUT2D eigenvalue weighted by Crippen LogP contribution is -2.49. The van der Waals surface area contributed by atoms with E-state index in [0.29, 0.717) is 11.5 Å². The number of rotatable bonds is 4. The van der Waals surface area contributed by atoms with Crippen LogP contribution in [0.25, 0.3) is 0 Å². The SMILES string of the molecule is Cc1[nH]ncc1C(=O)N[C@H]1CCN(Cc2ccccc2)C[C@@H]1C. The lowest BCUT2D eigenvalue weighted by atomic mass is 9.93. The minimum Gasteiger partial charge on any atom is -0.349 e. The van der Waals surface area contributed by atoms with E-state index in [4.69, 9.17) is 0 Å². The first kappa shape index (κ1) is 15.7. The summed E-state index contributed by atoms with van der Waals surface area (Å²) >= 11 is 0. The quantitative estimate of drug-likeness (QED) is 0.911. The van der Waals surface area contributed by atoms with Gasteiger partial charge in [0, 0.05) is 31.4 Å². The van der Waals surface area contributed by atoms with Gasteiger partial charge >= 0.3 is 0 Å². The molecule has 1 aliphatic heterocycles. The molecule has 1 aliphatic rings. The number of aryl methyl sites for hydroxylation is 1. The standard InChI is InChI=1S/C18H24N4O/c1-13-11-22(12-15-6-4-3-5-7-15)9-8-17(13)20-18(23)16-10-19-21-14(16)2/h3-7,10,13,17H,8-9,11-12H2,1-2H3,(H,19,21)(H,20,23)/t13-,17-/m0/s1. The van der Waals surface area contributed by atoms with Crippen molar-refractivity contribution in [1.82, 2.24) is 20.4 Å². The molecule has 2 atom stereocenters. The van der Waals surface area contributed by atoms with Gasteiger partial charge in [-0.15, -0.1) is 0 Å². The number of aromatic nitrogens is 2. The molecule has 1 saturated heterocycles. The van der Waals surface area contributed by atoms with Crippen LogP contribution in [0.4, 0.5) is 0 Å². The van der Waals surface area contributed by atoms with Crippen molar-refractivity contribution in [3.8, 4) is 0 Å². The van der Waals surface area contributed by atoms with Gasteiger partial charge in [0.25, 0.3) is 5.91 Å². The smallest absolute Gasteiger partial charge is 0.254 e. The Morgan fingerprint density at radius 3 is 2.83 bits per heavy atom. The second-order valence-electron chi connectivity index (χ2n) is 6.48. The van der Waals surface area contributed by atoms with Crippen molar-refractivity contribution in [3.63, 3.8) is 0 Å². The van der Waals surface area contributed by atoms with E-state index in [2.05, 4.69) is 51.6 Å². The Hall–Kier alpha value is -2.14. The zero-order valence-electron chi connectivity index (χ0n) is 13.7. The molecule has 5 heteroatoms. The summed E-state index contributed by atoms with van der Waals surface area (Å²) in [6.07, 6.45) is 2.58. The molecule has 23 heavy (non-hydrogen) atoms. The Morgan fingerprint density at radius 2 is 2.17 bits per heavy atom. The van der Waals surface area contributed by atoms with Gasteiger partial charge in [0.2, 0.25) is 0 Å². The van der Waals surface area contributed by atoms with Crippen LogP contribution < -0.4 is 5.32 Å². The highest BCUT2D eigenvalue weighted by Crippen LogP contribution is 2.19. The summed E-state index contributed by atoms with van der Waals surface area (Å²) in [6.45, 7) is 7.07. The van der Waals surface area contributed by atoms with Crippen LogP contribution >= 0.6 is 0 Å². The number of piperidine rings is 1. The first-order valence-corrected chi connectivity index (χ1v) is 8.20. The number of carbonyl (C=O) groups excluding carboxylic acids is 1. The van der Waals surface area contributed by atoms with Crippen LogP contribution in [0.1, 0.15) is 35.0 Å². The van der Waals surface area contributed by atoms with Gasteiger partial charge < -0.3 is 5.32 Å². The maximum atomic E-state index is 12.3. The molecule has 1 fully saturated rings. The Labute approximate surface area is 137 Å². The van der Waals surface area contributed by atoms with E-state index in [9.17, 15) is 4.79 Å². The molecule has 0 saturated carbocycles. The summed E-state index contributed by atoms with van der Waals surface area (Å²) in [5.74, 6) is 0.410. The maximum absolute atomic E-state index is 12.3. The molecular formula is C18H24N4O. The zero-order chi connectivity index (χ0) is 16.2. The molecule has 0 bridgehead atoms. The molecule has 0 unspecified atom stereocenters. The minimum absolute atomic E-state index is 0.0235. The van der Waals surface area contributed by atoms with Gasteiger partial charge in [-0.1, -0.05) is 37.3 Å². The summed E-state index contributed by atoms with van der Waals surface area (Å²) in [6, 6.07) is 10.8. The molecule has 0 aliphatic carbocycles. The van der Waals surface area contributed by atoms with E-state index < -0.39 is 0 Å². The average Bonchev–Trinajstić information content (AvgIpc) is 2.97. The predicted molar refractivity (Wildman–Crippen MR) is 90.1 cm³/mol. The number of amides is 1. The van der Waals surface area contributed by atoms with Crippen LogP contribution in [0, 0.1) is 12.8 Å². The summed E-state index contributed by atoms with van der Waals surface area (Å²) in [7, 11) is 0. The first-order chi connectivity index (χ1) is 11.1. The topological polar surface area (TPSA) is 61.0 Å². The van der Waals surface area contributed by atoms with Crippen LogP contribution in [0.5, 0.6) is 0 Å². The molecule has 2 heterocycles. The Kier molecular flexibility index (Phi) is 4.76. The van der Waals surface area contributed by atoms with E-state index in [-0.39, 0.29) is 11.9 Å². The van der Waals surface area contributed by atoms with Gasteiger partial charge in [-0.05, 0) is 24.8 Å². The lowest BCUT2D eigenvalue weighted by Gasteiger charge is -2.37. The second-order valence-corrected chi connectivity index (χ2v) is 6.48. The molecule has 122 valence electrons.